The van der Waals surface area contributed by atoms with Crippen LogP contribution in [0.3, 0.4) is 0 Å². The third-order valence-corrected chi connectivity index (χ3v) is 5.40. The maximum Gasteiger partial charge on any atom is 0.245 e. The highest BCUT2D eigenvalue weighted by Crippen LogP contribution is 2.56. The van der Waals surface area contributed by atoms with Gasteiger partial charge in [-0.05, 0) is 23.6 Å². The average Bonchev–Trinajstić information content (AvgIpc) is 2.85. The SMILES string of the molecule is COc1ccc2c(c1)C1(C(=O)N2)C(C#N)=C(N)OC2=C1C(=O)CC(C)(C)C2. The Morgan fingerprint density at radius 3 is 2.70 bits per heavy atom. The number of methoxy groups -OCH3 is 1. The van der Waals surface area contributed by atoms with Crippen molar-refractivity contribution in [3.05, 3.63) is 46.6 Å². The molecule has 2 heterocycles. The zero-order chi connectivity index (χ0) is 19.6. The Bertz CT molecular complexity index is 1010. The molecule has 3 N–H and O–H groups in total. The predicted molar refractivity (Wildman–Crippen MR) is 96.3 cm³/mol. The summed E-state index contributed by atoms with van der Waals surface area (Å²) >= 11 is 0. The molecule has 0 saturated carbocycles. The van der Waals surface area contributed by atoms with Crippen LogP contribution in [0.15, 0.2) is 41.0 Å². The normalized spacial score (nSPS) is 25.6. The fourth-order valence-corrected chi connectivity index (χ4v) is 4.31. The van der Waals surface area contributed by atoms with Gasteiger partial charge in [-0.2, -0.15) is 5.26 Å². The van der Waals surface area contributed by atoms with Crippen LogP contribution >= 0.6 is 0 Å². The molecular formula is C20H19N3O4. The maximum atomic E-state index is 13.2. The first-order valence-electron chi connectivity index (χ1n) is 8.59. The number of fused-ring (bicyclic) bond motifs is 3. The van der Waals surface area contributed by atoms with Crippen LogP contribution in [-0.2, 0) is 19.7 Å². The highest BCUT2D eigenvalue weighted by molar-refractivity contribution is 6.19. The lowest BCUT2D eigenvalue weighted by molar-refractivity contribution is -0.124. The number of ether oxygens (including phenoxy) is 2. The molecule has 4 rings (SSSR count). The van der Waals surface area contributed by atoms with Crippen LogP contribution in [0.1, 0.15) is 32.3 Å². The van der Waals surface area contributed by atoms with Crippen LogP contribution in [0.4, 0.5) is 5.69 Å². The number of allylic oxidation sites excluding steroid dienone is 1. The number of nitriles is 1. The highest BCUT2D eigenvalue weighted by atomic mass is 16.5. The maximum absolute atomic E-state index is 13.2. The lowest BCUT2D eigenvalue weighted by atomic mass is 9.62. The van der Waals surface area contributed by atoms with Crippen LogP contribution in [0, 0.1) is 16.7 Å². The van der Waals surface area contributed by atoms with Crippen LogP contribution in [-0.4, -0.2) is 18.8 Å². The molecule has 7 heteroatoms. The average molecular weight is 365 g/mol. The summed E-state index contributed by atoms with van der Waals surface area (Å²) in [5.74, 6) is 0.0327. The van der Waals surface area contributed by atoms with Gasteiger partial charge in [0.1, 0.15) is 28.6 Å². The second-order valence-corrected chi connectivity index (χ2v) is 7.81. The lowest BCUT2D eigenvalue weighted by Gasteiger charge is -2.41. The molecule has 1 aromatic rings. The van der Waals surface area contributed by atoms with Crippen molar-refractivity contribution in [1.82, 2.24) is 0 Å². The molecule has 1 aliphatic carbocycles. The number of benzene rings is 1. The highest BCUT2D eigenvalue weighted by Gasteiger charge is 2.61. The smallest absolute Gasteiger partial charge is 0.245 e. The molecule has 3 aliphatic rings. The molecule has 27 heavy (non-hydrogen) atoms. The first-order chi connectivity index (χ1) is 12.7. The number of rotatable bonds is 1. The standard InChI is InChI=1S/C20H19N3O4/c1-19(2)7-14(24)16-15(8-19)27-17(22)12(9-21)20(16)11-6-10(26-3)4-5-13(11)23-18(20)25/h4-6H,7-8,22H2,1-3H3,(H,23,25). The van der Waals surface area contributed by atoms with Gasteiger partial charge in [-0.25, -0.2) is 0 Å². The van der Waals surface area contributed by atoms with Gasteiger partial charge in [0.25, 0.3) is 0 Å². The zero-order valence-electron chi connectivity index (χ0n) is 15.3. The van der Waals surface area contributed by atoms with E-state index < -0.39 is 11.3 Å². The van der Waals surface area contributed by atoms with Crippen molar-refractivity contribution < 1.29 is 19.1 Å². The summed E-state index contributed by atoms with van der Waals surface area (Å²) in [5, 5.41) is 12.6. The second kappa shape index (κ2) is 5.36. The Morgan fingerprint density at radius 1 is 1.30 bits per heavy atom. The van der Waals surface area contributed by atoms with E-state index in [0.717, 1.165) is 0 Å². The summed E-state index contributed by atoms with van der Waals surface area (Å²) in [5.41, 5.74) is 5.26. The van der Waals surface area contributed by atoms with E-state index in [1.807, 2.05) is 19.9 Å². The first kappa shape index (κ1) is 17.2. The minimum Gasteiger partial charge on any atom is -0.497 e. The summed E-state index contributed by atoms with van der Waals surface area (Å²) in [6.07, 6.45) is 0.698. The second-order valence-electron chi connectivity index (χ2n) is 7.81. The molecule has 0 radical (unpaired) electrons. The van der Waals surface area contributed by atoms with Crippen molar-refractivity contribution in [2.75, 3.05) is 12.4 Å². The molecular weight excluding hydrogens is 346 g/mol. The van der Waals surface area contributed by atoms with Gasteiger partial charge >= 0.3 is 0 Å². The van der Waals surface area contributed by atoms with Crippen molar-refractivity contribution in [3.8, 4) is 11.8 Å². The summed E-state index contributed by atoms with van der Waals surface area (Å²) in [4.78, 5) is 26.4. The quantitative estimate of drug-likeness (QED) is 0.789. The molecule has 1 aromatic carbocycles. The monoisotopic (exact) mass is 365 g/mol. The number of carbonyl (C=O) groups excluding carboxylic acids is 2. The number of nitrogens with zero attached hydrogens (tertiary/aromatic N) is 1. The van der Waals surface area contributed by atoms with Crippen LogP contribution in [0.5, 0.6) is 5.75 Å². The number of nitrogens with one attached hydrogen (secondary N) is 1. The molecule has 1 amide bonds. The topological polar surface area (TPSA) is 114 Å². The third kappa shape index (κ3) is 2.13. The lowest BCUT2D eigenvalue weighted by Crippen LogP contribution is -2.48. The number of ketones is 1. The van der Waals surface area contributed by atoms with E-state index in [0.29, 0.717) is 29.2 Å². The van der Waals surface area contributed by atoms with Crippen LogP contribution < -0.4 is 15.8 Å². The molecule has 1 atom stereocenters. The van der Waals surface area contributed by atoms with Gasteiger partial charge in [0, 0.05) is 24.1 Å². The van der Waals surface area contributed by atoms with Crippen LogP contribution in [0.25, 0.3) is 0 Å². The number of nitrogens with two attached hydrogens (primary N) is 1. The van der Waals surface area contributed by atoms with Gasteiger partial charge in [-0.1, -0.05) is 13.8 Å². The first-order valence-corrected chi connectivity index (χ1v) is 8.59. The fourth-order valence-electron chi connectivity index (χ4n) is 4.31. The third-order valence-electron chi connectivity index (χ3n) is 5.40. The number of carbonyl (C=O) groups is 2. The van der Waals surface area contributed by atoms with E-state index in [9.17, 15) is 14.9 Å². The Morgan fingerprint density at radius 2 is 2.04 bits per heavy atom. The summed E-state index contributed by atoms with van der Waals surface area (Å²) in [6.45, 7) is 3.91. The van der Waals surface area contributed by atoms with Crippen molar-refractivity contribution in [1.29, 1.82) is 5.26 Å². The molecule has 1 unspecified atom stereocenters. The van der Waals surface area contributed by atoms with Crippen LogP contribution in [0.2, 0.25) is 0 Å². The van der Waals surface area contributed by atoms with Gasteiger partial charge in [-0.15, -0.1) is 0 Å². The van der Waals surface area contributed by atoms with E-state index in [1.165, 1.54) is 7.11 Å². The largest absolute Gasteiger partial charge is 0.497 e. The minimum atomic E-state index is -1.61. The van der Waals surface area contributed by atoms with Gasteiger partial charge in [-0.3, -0.25) is 9.59 Å². The van der Waals surface area contributed by atoms with Crippen molar-refractivity contribution in [2.24, 2.45) is 11.1 Å². The van der Waals surface area contributed by atoms with E-state index in [-0.39, 0.29) is 34.6 Å². The number of hydrogen-bond donors (Lipinski definition) is 2. The number of anilines is 1. The van der Waals surface area contributed by atoms with Gasteiger partial charge < -0.3 is 20.5 Å². The Hall–Kier alpha value is -3.27. The molecule has 1 spiro atoms. The van der Waals surface area contributed by atoms with Crippen molar-refractivity contribution >= 4 is 17.4 Å². The Labute approximate surface area is 156 Å². The zero-order valence-corrected chi connectivity index (χ0v) is 15.3. The van der Waals surface area contributed by atoms with E-state index in [4.69, 9.17) is 15.2 Å². The van der Waals surface area contributed by atoms with Gasteiger partial charge in [0.2, 0.25) is 11.8 Å². The minimum absolute atomic E-state index is 0.0705. The van der Waals surface area contributed by atoms with Gasteiger partial charge in [0.05, 0.1) is 12.7 Å². The van der Waals surface area contributed by atoms with Gasteiger partial charge in [0.15, 0.2) is 5.78 Å². The Balaban J connectivity index is 2.09. The van der Waals surface area contributed by atoms with E-state index in [2.05, 4.69) is 5.32 Å². The molecule has 2 aliphatic heterocycles. The van der Waals surface area contributed by atoms with E-state index >= 15 is 0 Å². The number of Topliss-reactive ketones (excluding diaryl/α,β-unsaturated/α-hetero) is 1. The Kier molecular flexibility index (Phi) is 3.41. The summed E-state index contributed by atoms with van der Waals surface area (Å²) in [7, 11) is 1.51. The summed E-state index contributed by atoms with van der Waals surface area (Å²) < 4.78 is 11.0. The number of hydrogen-bond acceptors (Lipinski definition) is 6. The molecule has 0 saturated heterocycles. The fraction of sp³-hybridized carbons (Fsp3) is 0.350. The molecule has 0 fully saturated rings. The molecule has 138 valence electrons. The molecule has 7 nitrogen and oxygen atoms in total. The van der Waals surface area contributed by atoms with E-state index in [1.54, 1.807) is 18.2 Å². The summed E-state index contributed by atoms with van der Waals surface area (Å²) in [6, 6.07) is 7.08. The van der Waals surface area contributed by atoms with Crippen molar-refractivity contribution in [3.63, 3.8) is 0 Å². The predicted octanol–water partition coefficient (Wildman–Crippen LogP) is 2.25. The number of amides is 1. The van der Waals surface area contributed by atoms with Crippen molar-refractivity contribution in [2.45, 2.75) is 32.1 Å². The molecule has 0 aromatic heterocycles. The molecule has 0 bridgehead atoms.